The molecule has 5 heteroatoms. The first kappa shape index (κ1) is 21.5. The number of benzene rings is 2. The van der Waals surface area contributed by atoms with E-state index in [1.54, 1.807) is 0 Å². The van der Waals surface area contributed by atoms with E-state index in [-0.39, 0.29) is 31.6 Å². The van der Waals surface area contributed by atoms with Crippen LogP contribution in [0.15, 0.2) is 72.6 Å². The molecule has 4 nitrogen and oxygen atoms in total. The van der Waals surface area contributed by atoms with Crippen LogP contribution in [0, 0.1) is 13.0 Å². The minimum absolute atomic E-state index is 0. The van der Waals surface area contributed by atoms with E-state index in [4.69, 9.17) is 5.11 Å². The van der Waals surface area contributed by atoms with Crippen LogP contribution in [0.4, 0.5) is 0 Å². The van der Waals surface area contributed by atoms with Gasteiger partial charge in [0.1, 0.15) is 0 Å². The van der Waals surface area contributed by atoms with Crippen molar-refractivity contribution in [1.82, 2.24) is 9.55 Å². The van der Waals surface area contributed by atoms with Crippen molar-refractivity contribution in [1.29, 1.82) is 0 Å². The predicted molar refractivity (Wildman–Crippen MR) is 109 cm³/mol. The van der Waals surface area contributed by atoms with Crippen molar-refractivity contribution >= 4 is 27.7 Å². The van der Waals surface area contributed by atoms with Gasteiger partial charge in [-0.15, -0.1) is 24.3 Å². The standard InChI is InChI=1S/C18H13N2.C5H8O2.Ir/c1-13-8-10-14(11-9-13)20-16-6-3-2-5-15(16)18-17(20)7-4-12-19-18;1-4(6)3-5(2)7;/h2-4,6-12H,1H3;3,6H,1-2H3;/q-1;;/b;4-3-;. The van der Waals surface area contributed by atoms with E-state index < -0.39 is 0 Å². The Kier molecular flexibility index (Phi) is 7.27. The van der Waals surface area contributed by atoms with E-state index in [1.807, 2.05) is 24.4 Å². The van der Waals surface area contributed by atoms with Crippen LogP contribution in [0.1, 0.15) is 19.4 Å². The van der Waals surface area contributed by atoms with Crippen LogP contribution in [-0.2, 0) is 24.9 Å². The number of aromatic nitrogens is 2. The Morgan fingerprint density at radius 1 is 1.07 bits per heavy atom. The van der Waals surface area contributed by atoms with Gasteiger partial charge in [-0.05, 0) is 50.6 Å². The second-order valence-corrected chi connectivity index (χ2v) is 6.37. The van der Waals surface area contributed by atoms with E-state index in [9.17, 15) is 4.79 Å². The summed E-state index contributed by atoms with van der Waals surface area (Å²) < 4.78 is 2.24. The third-order valence-electron chi connectivity index (χ3n) is 4.04. The molecule has 0 bridgehead atoms. The molecule has 0 fully saturated rings. The Hall–Kier alpha value is -2.75. The van der Waals surface area contributed by atoms with Crippen molar-refractivity contribution < 1.29 is 30.0 Å². The van der Waals surface area contributed by atoms with Gasteiger partial charge in [-0.3, -0.25) is 4.79 Å². The summed E-state index contributed by atoms with van der Waals surface area (Å²) in [5.41, 5.74) is 5.69. The first-order valence-electron chi connectivity index (χ1n) is 8.68. The zero-order valence-electron chi connectivity index (χ0n) is 15.9. The molecular formula is C23H21IrN2O2-. The fourth-order valence-electron chi connectivity index (χ4n) is 2.97. The molecule has 4 rings (SSSR count). The number of fused-ring (bicyclic) bond motifs is 3. The quantitative estimate of drug-likeness (QED) is 0.209. The molecule has 0 unspecified atom stereocenters. The summed E-state index contributed by atoms with van der Waals surface area (Å²) in [6, 6.07) is 22.0. The molecule has 28 heavy (non-hydrogen) atoms. The van der Waals surface area contributed by atoms with E-state index >= 15 is 0 Å². The van der Waals surface area contributed by atoms with Crippen molar-refractivity contribution in [2.45, 2.75) is 20.8 Å². The first-order valence-corrected chi connectivity index (χ1v) is 8.68. The minimum atomic E-state index is -0.125. The van der Waals surface area contributed by atoms with Crippen LogP contribution >= 0.6 is 0 Å². The second kappa shape index (κ2) is 9.45. The van der Waals surface area contributed by atoms with Gasteiger partial charge in [0, 0.05) is 49.1 Å². The molecular weight excluding hydrogens is 528 g/mol. The van der Waals surface area contributed by atoms with E-state index in [1.165, 1.54) is 25.5 Å². The maximum absolute atomic E-state index is 10.0. The SMILES string of the molecule is CC(=O)/C=C(/C)O.Cc1ccc(-n2c3ccc[c-]c3c3ncccc32)cc1.[Ir]. The van der Waals surface area contributed by atoms with Crippen LogP contribution in [-0.4, -0.2) is 20.4 Å². The Morgan fingerprint density at radius 2 is 1.75 bits per heavy atom. The van der Waals surface area contributed by atoms with Crippen LogP contribution in [0.3, 0.4) is 0 Å². The molecule has 4 aromatic rings. The van der Waals surface area contributed by atoms with Crippen molar-refractivity contribution in [3.8, 4) is 5.69 Å². The fraction of sp³-hybridized carbons (Fsp3) is 0.130. The van der Waals surface area contributed by atoms with Gasteiger partial charge in [0.15, 0.2) is 5.78 Å². The molecule has 0 saturated heterocycles. The Morgan fingerprint density at radius 3 is 2.36 bits per heavy atom. The molecule has 2 aromatic carbocycles. The summed E-state index contributed by atoms with van der Waals surface area (Å²) in [5.74, 6) is -0.0625. The Labute approximate surface area is 177 Å². The number of aliphatic hydroxyl groups is 1. The zero-order chi connectivity index (χ0) is 19.4. The number of rotatable bonds is 2. The van der Waals surface area contributed by atoms with Crippen molar-refractivity contribution in [3.63, 3.8) is 0 Å². The molecule has 0 aliphatic carbocycles. The number of pyridine rings is 1. The summed E-state index contributed by atoms with van der Waals surface area (Å²) in [6.45, 7) is 4.95. The summed E-state index contributed by atoms with van der Waals surface area (Å²) in [4.78, 5) is 14.5. The van der Waals surface area contributed by atoms with Crippen LogP contribution < -0.4 is 0 Å². The van der Waals surface area contributed by atoms with Gasteiger partial charge in [0.2, 0.25) is 0 Å². The number of nitrogens with zero attached hydrogens (tertiary/aromatic N) is 2. The molecule has 145 valence electrons. The molecule has 0 saturated carbocycles. The molecule has 1 radical (unpaired) electrons. The average Bonchev–Trinajstić information content (AvgIpc) is 2.97. The molecule has 0 amide bonds. The minimum Gasteiger partial charge on any atom is -0.512 e. The normalized spacial score (nSPS) is 10.9. The molecule has 0 aliphatic heterocycles. The Bertz CT molecular complexity index is 1070. The predicted octanol–water partition coefficient (Wildman–Crippen LogP) is 5.32. The number of allylic oxidation sites excluding steroid dienone is 2. The van der Waals surface area contributed by atoms with Gasteiger partial charge in [-0.2, -0.15) is 0 Å². The Balaban J connectivity index is 0.000000306. The monoisotopic (exact) mass is 550 g/mol. The van der Waals surface area contributed by atoms with Crippen LogP contribution in [0.5, 0.6) is 0 Å². The number of carbonyl (C=O) groups is 1. The molecule has 2 aromatic heterocycles. The number of aliphatic hydroxyl groups excluding tert-OH is 1. The van der Waals surface area contributed by atoms with Crippen LogP contribution in [0.2, 0.25) is 0 Å². The smallest absolute Gasteiger partial charge is 0.155 e. The van der Waals surface area contributed by atoms with Crippen molar-refractivity contribution in [2.75, 3.05) is 0 Å². The van der Waals surface area contributed by atoms with Gasteiger partial charge in [0.25, 0.3) is 0 Å². The largest absolute Gasteiger partial charge is 0.512 e. The summed E-state index contributed by atoms with van der Waals surface area (Å²) in [6.07, 6.45) is 3.00. The van der Waals surface area contributed by atoms with Gasteiger partial charge in [-0.1, -0.05) is 23.1 Å². The van der Waals surface area contributed by atoms with Gasteiger partial charge >= 0.3 is 0 Å². The summed E-state index contributed by atoms with van der Waals surface area (Å²) in [7, 11) is 0. The van der Waals surface area contributed by atoms with Gasteiger partial charge in [0.05, 0.1) is 5.76 Å². The topological polar surface area (TPSA) is 55.1 Å². The molecule has 0 atom stereocenters. The third-order valence-corrected chi connectivity index (χ3v) is 4.04. The maximum Gasteiger partial charge on any atom is 0.155 e. The average molecular weight is 550 g/mol. The van der Waals surface area contributed by atoms with Gasteiger partial charge in [-0.25, -0.2) is 0 Å². The second-order valence-electron chi connectivity index (χ2n) is 6.37. The first-order chi connectivity index (χ1) is 13.0. The van der Waals surface area contributed by atoms with E-state index in [0.717, 1.165) is 27.6 Å². The van der Waals surface area contributed by atoms with Crippen LogP contribution in [0.25, 0.3) is 27.6 Å². The van der Waals surface area contributed by atoms with Gasteiger partial charge < -0.3 is 14.7 Å². The number of hydrogen-bond donors (Lipinski definition) is 1. The molecule has 0 spiro atoms. The molecule has 2 heterocycles. The van der Waals surface area contributed by atoms with E-state index in [2.05, 4.69) is 58.9 Å². The number of hydrogen-bond acceptors (Lipinski definition) is 3. The number of aryl methyl sites for hydroxylation is 1. The summed E-state index contributed by atoms with van der Waals surface area (Å²) >= 11 is 0. The molecule has 1 N–H and O–H groups in total. The fourth-order valence-corrected chi connectivity index (χ4v) is 2.97. The summed E-state index contributed by atoms with van der Waals surface area (Å²) in [5, 5.41) is 9.44. The van der Waals surface area contributed by atoms with Crippen molar-refractivity contribution in [3.05, 3.63) is 84.3 Å². The van der Waals surface area contributed by atoms with Crippen molar-refractivity contribution in [2.24, 2.45) is 0 Å². The maximum atomic E-state index is 10.0. The number of carbonyl (C=O) groups excluding carboxylic acids is 1. The third kappa shape index (κ3) is 4.75. The zero-order valence-corrected chi connectivity index (χ0v) is 18.3. The molecule has 0 aliphatic rings. The number of ketones is 1. The van der Waals surface area contributed by atoms with E-state index in [0.29, 0.717) is 0 Å².